The molecule has 0 amide bonds. The van der Waals surface area contributed by atoms with Crippen LogP contribution in [0.4, 0.5) is 8.78 Å². The van der Waals surface area contributed by atoms with Crippen molar-refractivity contribution in [3.05, 3.63) is 17.7 Å². The van der Waals surface area contributed by atoms with E-state index in [9.17, 15) is 13.6 Å². The monoisotopic (exact) mass is 515 g/mol. The van der Waals surface area contributed by atoms with Gasteiger partial charge in [-0.1, -0.05) is 6.92 Å². The Labute approximate surface area is 179 Å². The number of alkyl halides is 2. The van der Waals surface area contributed by atoms with Gasteiger partial charge in [0, 0.05) is 24.7 Å². The lowest BCUT2D eigenvalue weighted by Crippen LogP contribution is -2.40. The molecule has 1 unspecified atom stereocenters. The summed E-state index contributed by atoms with van der Waals surface area (Å²) in [5, 5.41) is 6.03. The summed E-state index contributed by atoms with van der Waals surface area (Å²) < 4.78 is 45.1. The van der Waals surface area contributed by atoms with Crippen LogP contribution in [0.25, 0.3) is 0 Å². The number of carbonyl (C=O) groups excluding carboxylic acids is 1. The Kier molecular flexibility index (Phi) is 10.0. The molecule has 1 aromatic rings. The lowest BCUT2D eigenvalue weighted by atomic mass is 10.1. The van der Waals surface area contributed by atoms with E-state index in [1.807, 2.05) is 6.92 Å². The van der Waals surface area contributed by atoms with Crippen LogP contribution in [-0.4, -0.2) is 45.5 Å². The van der Waals surface area contributed by atoms with Crippen LogP contribution in [0.2, 0.25) is 0 Å². The van der Waals surface area contributed by atoms with Crippen LogP contribution < -0.4 is 24.8 Å². The highest BCUT2D eigenvalue weighted by Crippen LogP contribution is 2.38. The van der Waals surface area contributed by atoms with Crippen LogP contribution in [0.5, 0.6) is 17.2 Å². The molecule has 1 aliphatic heterocycles. The van der Waals surface area contributed by atoms with E-state index in [1.54, 1.807) is 13.0 Å². The number of benzene rings is 1. The minimum absolute atomic E-state index is 0. The highest BCUT2D eigenvalue weighted by Gasteiger charge is 2.20. The predicted octanol–water partition coefficient (Wildman–Crippen LogP) is 2.50. The van der Waals surface area contributed by atoms with E-state index in [-0.39, 0.29) is 55.0 Å². The van der Waals surface area contributed by atoms with Crippen molar-refractivity contribution in [1.82, 2.24) is 10.6 Å². The molecule has 0 radical (unpaired) electrons. The van der Waals surface area contributed by atoms with Gasteiger partial charge < -0.3 is 29.6 Å². The average molecular weight is 515 g/mol. The zero-order valence-corrected chi connectivity index (χ0v) is 18.1. The second-order valence-corrected chi connectivity index (χ2v) is 5.69. The van der Waals surface area contributed by atoms with Gasteiger partial charge in [0.2, 0.25) is 6.79 Å². The minimum Gasteiger partial charge on any atom is -0.469 e. The van der Waals surface area contributed by atoms with Crippen LogP contribution in [0, 0.1) is 5.92 Å². The van der Waals surface area contributed by atoms with Crippen LogP contribution >= 0.6 is 24.0 Å². The summed E-state index contributed by atoms with van der Waals surface area (Å²) in [7, 11) is 1.32. The van der Waals surface area contributed by atoms with Gasteiger partial charge in [0.05, 0.1) is 19.6 Å². The van der Waals surface area contributed by atoms with Crippen molar-refractivity contribution in [3.63, 3.8) is 0 Å². The van der Waals surface area contributed by atoms with E-state index < -0.39 is 6.61 Å². The zero-order chi connectivity index (χ0) is 19.8. The molecule has 1 aliphatic rings. The second kappa shape index (κ2) is 11.7. The Bertz CT molecular complexity index is 691. The number of nitrogens with zero attached hydrogens (tertiary/aromatic N) is 1. The fourth-order valence-electron chi connectivity index (χ4n) is 2.33. The third-order valence-corrected chi connectivity index (χ3v) is 3.70. The van der Waals surface area contributed by atoms with Gasteiger partial charge in [-0.05, 0) is 13.0 Å². The van der Waals surface area contributed by atoms with Crippen molar-refractivity contribution in [2.24, 2.45) is 10.9 Å². The van der Waals surface area contributed by atoms with Crippen LogP contribution in [-0.2, 0) is 16.1 Å². The maximum atomic E-state index is 12.7. The van der Waals surface area contributed by atoms with Crippen molar-refractivity contribution in [1.29, 1.82) is 0 Å². The number of guanidine groups is 1. The van der Waals surface area contributed by atoms with Gasteiger partial charge in [-0.25, -0.2) is 4.99 Å². The summed E-state index contributed by atoms with van der Waals surface area (Å²) in [6.07, 6.45) is 0. The SMILES string of the molecule is CCNC(=NCc1cc2c(cc1OC(F)F)OCO2)NCC(C)C(=O)OC.I. The Balaban J connectivity index is 0.00000392. The van der Waals surface area contributed by atoms with Crippen molar-refractivity contribution >= 4 is 35.9 Å². The zero-order valence-electron chi connectivity index (χ0n) is 15.8. The summed E-state index contributed by atoms with van der Waals surface area (Å²) in [6.45, 7) is 1.59. The molecule has 11 heteroatoms. The molecule has 2 rings (SSSR count). The lowest BCUT2D eigenvalue weighted by molar-refractivity contribution is -0.144. The Morgan fingerprint density at radius 3 is 2.57 bits per heavy atom. The molecule has 0 aliphatic carbocycles. The average Bonchev–Trinajstić information content (AvgIpc) is 3.09. The molecule has 28 heavy (non-hydrogen) atoms. The van der Waals surface area contributed by atoms with Crippen molar-refractivity contribution in [2.75, 3.05) is 27.0 Å². The number of carbonyl (C=O) groups is 1. The molecule has 8 nitrogen and oxygen atoms in total. The molecule has 0 saturated heterocycles. The molecule has 0 spiro atoms. The number of methoxy groups -OCH3 is 1. The number of nitrogens with one attached hydrogen (secondary N) is 2. The largest absolute Gasteiger partial charge is 0.469 e. The quantitative estimate of drug-likeness (QED) is 0.238. The van der Waals surface area contributed by atoms with Gasteiger partial charge in [0.15, 0.2) is 17.5 Å². The smallest absolute Gasteiger partial charge is 0.387 e. The summed E-state index contributed by atoms with van der Waals surface area (Å²) in [5.41, 5.74) is 0.415. The van der Waals surface area contributed by atoms with Crippen molar-refractivity contribution in [2.45, 2.75) is 27.0 Å². The Morgan fingerprint density at radius 1 is 1.29 bits per heavy atom. The van der Waals surface area contributed by atoms with Crippen molar-refractivity contribution < 1.29 is 32.5 Å². The number of hydrogen-bond acceptors (Lipinski definition) is 6. The molecule has 0 aromatic heterocycles. The van der Waals surface area contributed by atoms with Crippen LogP contribution in [0.1, 0.15) is 19.4 Å². The highest BCUT2D eigenvalue weighted by molar-refractivity contribution is 14.0. The molecule has 158 valence electrons. The third-order valence-electron chi connectivity index (χ3n) is 3.70. The summed E-state index contributed by atoms with van der Waals surface area (Å²) in [6, 6.07) is 2.92. The third kappa shape index (κ3) is 6.84. The van der Waals surface area contributed by atoms with Gasteiger partial charge in [-0.15, -0.1) is 24.0 Å². The lowest BCUT2D eigenvalue weighted by Gasteiger charge is -2.15. The van der Waals surface area contributed by atoms with E-state index in [0.29, 0.717) is 36.1 Å². The van der Waals surface area contributed by atoms with E-state index in [4.69, 9.17) is 9.47 Å². The van der Waals surface area contributed by atoms with Gasteiger partial charge in [0.25, 0.3) is 0 Å². The number of aliphatic imine (C=N–C) groups is 1. The molecule has 0 fully saturated rings. The van der Waals surface area contributed by atoms with Crippen LogP contribution in [0.3, 0.4) is 0 Å². The van der Waals surface area contributed by atoms with Gasteiger partial charge in [-0.2, -0.15) is 8.78 Å². The van der Waals surface area contributed by atoms with E-state index >= 15 is 0 Å². The standard InChI is InChI=1S/C17H23F2N3O5.HI/c1-4-20-17(21-7-10(2)15(23)24-3)22-8-11-5-13-14(26-9-25-13)6-12(11)27-16(18)19;/h5-6,10,16H,4,7-9H2,1-3H3,(H2,20,21,22);1H. The predicted molar refractivity (Wildman–Crippen MR) is 109 cm³/mol. The van der Waals surface area contributed by atoms with E-state index in [0.717, 1.165) is 0 Å². The van der Waals surface area contributed by atoms with Gasteiger partial charge in [0.1, 0.15) is 5.75 Å². The number of hydrogen-bond donors (Lipinski definition) is 2. The fourth-order valence-corrected chi connectivity index (χ4v) is 2.33. The van der Waals surface area contributed by atoms with E-state index in [2.05, 4.69) is 25.1 Å². The number of halogens is 3. The molecular weight excluding hydrogens is 491 g/mol. The summed E-state index contributed by atoms with van der Waals surface area (Å²) in [5.74, 6) is 0.462. The maximum Gasteiger partial charge on any atom is 0.387 e. The van der Waals surface area contributed by atoms with Crippen molar-refractivity contribution in [3.8, 4) is 17.2 Å². The molecule has 2 N–H and O–H groups in total. The summed E-state index contributed by atoms with van der Waals surface area (Å²) >= 11 is 0. The number of ether oxygens (including phenoxy) is 4. The first-order valence-corrected chi connectivity index (χ1v) is 8.41. The fraction of sp³-hybridized carbons (Fsp3) is 0.529. The molecule has 1 aromatic carbocycles. The molecule has 1 heterocycles. The number of fused-ring (bicyclic) bond motifs is 1. The first-order valence-electron chi connectivity index (χ1n) is 8.41. The minimum atomic E-state index is -2.97. The summed E-state index contributed by atoms with van der Waals surface area (Å²) in [4.78, 5) is 15.8. The Hall–Kier alpha value is -2.05. The normalized spacial score (nSPS) is 13.6. The van der Waals surface area contributed by atoms with Crippen LogP contribution in [0.15, 0.2) is 17.1 Å². The van der Waals surface area contributed by atoms with Gasteiger partial charge in [-0.3, -0.25) is 4.79 Å². The highest BCUT2D eigenvalue weighted by atomic mass is 127. The van der Waals surface area contributed by atoms with Gasteiger partial charge >= 0.3 is 12.6 Å². The topological polar surface area (TPSA) is 90.4 Å². The first kappa shape index (κ1) is 24.0. The first-order chi connectivity index (χ1) is 12.9. The maximum absolute atomic E-state index is 12.7. The van der Waals surface area contributed by atoms with E-state index in [1.165, 1.54) is 13.2 Å². The molecule has 0 saturated carbocycles. The molecule has 1 atom stereocenters. The Morgan fingerprint density at radius 2 is 1.96 bits per heavy atom. The number of esters is 1. The molecular formula is C17H24F2IN3O5. The second-order valence-electron chi connectivity index (χ2n) is 5.69. The number of rotatable bonds is 8. The molecule has 0 bridgehead atoms.